The SMILES string of the molecule is CC(=O)N1C[C@H]2[C@@H]([C@H]1C(=O)NC(CC1CC1)C(=O)C(N)=O)C2(C)C.CC1(C)[C@@H]2[C@@H](C(=O)NC(CC3CC3)C(=O)C(N)=O)N(C(=O)[C@@H](NC(=O)NC3(Cc4ccsc4)CCCCC3)C3CCCCC3)C[C@@H]21. The zero-order valence-electron chi connectivity index (χ0n) is 41.7. The van der Waals surface area contributed by atoms with Crippen molar-refractivity contribution in [3.63, 3.8) is 0 Å². The van der Waals surface area contributed by atoms with Crippen molar-refractivity contribution in [2.24, 2.45) is 63.7 Å². The van der Waals surface area contributed by atoms with Crippen LogP contribution in [0.1, 0.15) is 143 Å². The molecule has 8 aliphatic rings. The van der Waals surface area contributed by atoms with Gasteiger partial charge in [-0.05, 0) is 120 Å². The molecule has 8 N–H and O–H groups in total. The lowest BCUT2D eigenvalue weighted by atomic mass is 9.78. The minimum Gasteiger partial charge on any atom is -0.363 e. The Morgan fingerprint density at radius 3 is 1.61 bits per heavy atom. The Morgan fingerprint density at radius 1 is 0.671 bits per heavy atom. The van der Waals surface area contributed by atoms with Crippen LogP contribution in [0.4, 0.5) is 4.79 Å². The summed E-state index contributed by atoms with van der Waals surface area (Å²) in [6.45, 7) is 10.9. The number of piperidine rings is 2. The zero-order valence-corrected chi connectivity index (χ0v) is 42.5. The van der Waals surface area contributed by atoms with Gasteiger partial charge in [-0.15, -0.1) is 0 Å². The monoisotopic (exact) mass is 989 g/mol. The number of primary amides is 2. The Bertz CT molecular complexity index is 2210. The second-order valence-electron chi connectivity index (χ2n) is 23.5. The predicted molar refractivity (Wildman–Crippen MR) is 261 cm³/mol. The molecule has 3 heterocycles. The van der Waals surface area contributed by atoms with Gasteiger partial charge in [0.25, 0.3) is 11.8 Å². The van der Waals surface area contributed by atoms with Crippen LogP contribution in [0.2, 0.25) is 0 Å². The number of hydrogen-bond donors (Lipinski definition) is 6. The molecule has 18 heteroatoms. The van der Waals surface area contributed by atoms with Gasteiger partial charge in [-0.3, -0.25) is 38.4 Å². The molecule has 9 rings (SSSR count). The summed E-state index contributed by atoms with van der Waals surface area (Å²) in [6.07, 6.45) is 15.4. The van der Waals surface area contributed by atoms with Gasteiger partial charge in [0.1, 0.15) is 18.1 Å². The predicted octanol–water partition coefficient (Wildman–Crippen LogP) is 3.89. The molecule has 384 valence electrons. The lowest BCUT2D eigenvalue weighted by Crippen LogP contribution is -2.62. The van der Waals surface area contributed by atoms with Crippen molar-refractivity contribution in [3.8, 4) is 0 Å². The highest BCUT2D eigenvalue weighted by Crippen LogP contribution is 2.66. The zero-order chi connectivity index (χ0) is 50.4. The number of fused-ring (bicyclic) bond motifs is 2. The molecule has 0 aromatic carbocycles. The van der Waals surface area contributed by atoms with Crippen LogP contribution in [0, 0.1) is 52.3 Å². The van der Waals surface area contributed by atoms with Gasteiger partial charge >= 0.3 is 6.03 Å². The van der Waals surface area contributed by atoms with Crippen molar-refractivity contribution in [1.29, 1.82) is 0 Å². The average Bonchev–Trinajstić information content (AvgIpc) is 4.28. The fourth-order valence-electron chi connectivity index (χ4n) is 13.2. The molecule has 8 amide bonds. The maximum Gasteiger partial charge on any atom is 0.315 e. The van der Waals surface area contributed by atoms with Crippen LogP contribution in [0.15, 0.2) is 16.8 Å². The largest absolute Gasteiger partial charge is 0.363 e. The third-order valence-corrected chi connectivity index (χ3v) is 18.6. The van der Waals surface area contributed by atoms with Crippen LogP contribution in [0.25, 0.3) is 0 Å². The molecule has 8 fully saturated rings. The van der Waals surface area contributed by atoms with E-state index in [1.807, 2.05) is 0 Å². The van der Waals surface area contributed by atoms with Crippen molar-refractivity contribution in [2.75, 3.05) is 13.1 Å². The summed E-state index contributed by atoms with van der Waals surface area (Å²) in [7, 11) is 0. The number of ketones is 2. The number of nitrogens with one attached hydrogen (secondary N) is 4. The number of Topliss-reactive ketones (excluding diaryl/α,β-unsaturated/α-hetero) is 2. The first-order chi connectivity index (χ1) is 33.1. The van der Waals surface area contributed by atoms with E-state index in [4.69, 9.17) is 11.5 Å². The van der Waals surface area contributed by atoms with E-state index >= 15 is 0 Å². The molecule has 17 nitrogen and oxygen atoms in total. The average molecular weight is 989 g/mol. The molecule has 70 heavy (non-hydrogen) atoms. The van der Waals surface area contributed by atoms with Crippen LogP contribution in [0.5, 0.6) is 0 Å². The van der Waals surface area contributed by atoms with E-state index in [1.54, 1.807) is 21.1 Å². The lowest BCUT2D eigenvalue weighted by Gasteiger charge is -2.40. The Labute approximate surface area is 415 Å². The Balaban J connectivity index is 0.000000230. The van der Waals surface area contributed by atoms with Gasteiger partial charge in [0.15, 0.2) is 0 Å². The second kappa shape index (κ2) is 20.3. The molecule has 0 radical (unpaired) electrons. The summed E-state index contributed by atoms with van der Waals surface area (Å²) in [6, 6.07) is -2.14. The molecule has 2 unspecified atom stereocenters. The maximum absolute atomic E-state index is 14.6. The van der Waals surface area contributed by atoms with E-state index in [9.17, 15) is 43.2 Å². The van der Waals surface area contributed by atoms with Gasteiger partial charge in [-0.25, -0.2) is 4.79 Å². The maximum atomic E-state index is 14.6. The molecular weight excluding hydrogens is 913 g/mol. The van der Waals surface area contributed by atoms with E-state index < -0.39 is 59.5 Å². The summed E-state index contributed by atoms with van der Waals surface area (Å²) < 4.78 is 0. The Hall–Kier alpha value is -4.87. The van der Waals surface area contributed by atoms with Crippen LogP contribution in [-0.4, -0.2) is 112 Å². The number of rotatable bonds is 18. The Kier molecular flexibility index (Phi) is 15.0. The van der Waals surface area contributed by atoms with Crippen molar-refractivity contribution >= 4 is 64.4 Å². The van der Waals surface area contributed by atoms with Crippen LogP contribution < -0.4 is 32.7 Å². The first-order valence-electron chi connectivity index (χ1n) is 26.1. The number of hydrogen-bond acceptors (Lipinski definition) is 10. The number of amides is 8. The summed E-state index contributed by atoms with van der Waals surface area (Å²) >= 11 is 1.66. The van der Waals surface area contributed by atoms with Gasteiger partial charge in [-0.1, -0.05) is 91.9 Å². The van der Waals surface area contributed by atoms with Crippen molar-refractivity contribution in [3.05, 3.63) is 22.4 Å². The molecule has 2 aliphatic heterocycles. The number of urea groups is 1. The van der Waals surface area contributed by atoms with E-state index in [-0.39, 0.29) is 69.7 Å². The minimum atomic E-state index is -1.06. The molecule has 0 bridgehead atoms. The highest BCUT2D eigenvalue weighted by Gasteiger charge is 2.70. The van der Waals surface area contributed by atoms with Gasteiger partial charge in [0.2, 0.25) is 35.2 Å². The molecule has 6 aliphatic carbocycles. The second-order valence-corrected chi connectivity index (χ2v) is 24.3. The van der Waals surface area contributed by atoms with Gasteiger partial charge in [-0.2, -0.15) is 11.3 Å². The summed E-state index contributed by atoms with van der Waals surface area (Å²) in [5.74, 6) is -3.61. The van der Waals surface area contributed by atoms with Crippen molar-refractivity contribution < 1.29 is 43.2 Å². The molecule has 1 aromatic heterocycles. The fourth-order valence-corrected chi connectivity index (χ4v) is 13.9. The van der Waals surface area contributed by atoms with E-state index in [1.165, 1.54) is 12.5 Å². The molecule has 6 saturated carbocycles. The van der Waals surface area contributed by atoms with E-state index in [2.05, 4.69) is 65.8 Å². The number of nitrogens with zero attached hydrogens (tertiary/aromatic N) is 2. The Morgan fingerprint density at radius 2 is 1.16 bits per heavy atom. The number of carbonyl (C=O) groups is 9. The number of likely N-dealkylation sites (tertiary alicyclic amines) is 2. The summed E-state index contributed by atoms with van der Waals surface area (Å²) in [4.78, 5) is 118. The van der Waals surface area contributed by atoms with E-state index in [0.29, 0.717) is 37.8 Å². The standard InChI is InChI=1S/C35H51N5O5S.C17H25N3O4/c1-34(2)24-19-40(28(26(24)34)31(43)37-25(17-21-11-12-21)29(41)30(36)42)32(44)27(23-9-5-3-6-10-23)38-33(45)39-35(14-7-4-8-15-35)18-22-13-16-46-20-22;1-8(21)20-7-10-12(17(10,2)3)13(20)16(24)19-11(6-9-4-5-9)14(22)15(18)23/h13,16,20-21,23-28H,3-12,14-15,17-19H2,1-2H3,(H2,36,42)(H,37,43)(H2,38,39,45);9-13H,4-7H2,1-3H3,(H2,18,23)(H,19,24)/t24-,25?,26-,27-,28-;10-,11?,12-,13-/m00/s1. The smallest absolute Gasteiger partial charge is 0.315 e. The molecule has 9 atom stereocenters. The highest BCUT2D eigenvalue weighted by atomic mass is 32.1. The van der Waals surface area contributed by atoms with Gasteiger partial charge in [0.05, 0.1) is 12.1 Å². The highest BCUT2D eigenvalue weighted by molar-refractivity contribution is 7.07. The molecular formula is C52H76N8O9S. The van der Waals surface area contributed by atoms with Crippen LogP contribution in [0.3, 0.4) is 0 Å². The summed E-state index contributed by atoms with van der Waals surface area (Å²) in [5.41, 5.74) is 11.2. The first-order valence-corrected chi connectivity index (χ1v) is 27.0. The third-order valence-electron chi connectivity index (χ3n) is 17.9. The number of thiophene rings is 1. The van der Waals surface area contributed by atoms with Gasteiger partial charge < -0.3 is 42.5 Å². The first kappa shape index (κ1) is 51.5. The quantitative estimate of drug-likeness (QED) is 0.117. The van der Waals surface area contributed by atoms with Crippen molar-refractivity contribution in [2.45, 2.75) is 180 Å². The van der Waals surface area contributed by atoms with Gasteiger partial charge in [0, 0.05) is 25.6 Å². The molecule has 2 saturated heterocycles. The topological polar surface area (TPSA) is 260 Å². The fraction of sp³-hybridized carbons (Fsp3) is 0.750. The van der Waals surface area contributed by atoms with Crippen LogP contribution >= 0.6 is 11.3 Å². The number of carbonyl (C=O) groups excluding carboxylic acids is 9. The number of nitrogens with two attached hydrogens (primary N) is 2. The van der Waals surface area contributed by atoms with E-state index in [0.717, 1.165) is 96.3 Å². The minimum absolute atomic E-state index is 0.0149. The van der Waals surface area contributed by atoms with Crippen LogP contribution in [-0.2, 0) is 44.8 Å². The third kappa shape index (κ3) is 11.1. The molecule has 0 spiro atoms. The summed E-state index contributed by atoms with van der Waals surface area (Å²) in [5, 5.41) is 16.3. The normalized spacial score (nSPS) is 29.0. The lowest BCUT2D eigenvalue weighted by molar-refractivity contribution is -0.144. The van der Waals surface area contributed by atoms with Crippen molar-refractivity contribution in [1.82, 2.24) is 31.1 Å². The molecule has 1 aromatic rings.